The van der Waals surface area contributed by atoms with Crippen LogP contribution >= 0.6 is 11.8 Å². The summed E-state index contributed by atoms with van der Waals surface area (Å²) in [7, 11) is 0. The molecule has 0 bridgehead atoms. The number of nitrogens with two attached hydrogens (primary N) is 1. The smallest absolute Gasteiger partial charge is 0.193 e. The maximum Gasteiger partial charge on any atom is 0.193 e. The molecule has 3 N–H and O–H groups in total. The molecule has 0 atom stereocenters. The average Bonchev–Trinajstić information content (AvgIpc) is 2.32. The largest absolute Gasteiger partial charge is 0.370 e. The molecule has 0 aliphatic carbocycles. The molecule has 0 aromatic heterocycles. The van der Waals surface area contributed by atoms with Crippen LogP contribution in [0.3, 0.4) is 0 Å². The summed E-state index contributed by atoms with van der Waals surface area (Å²) in [5, 5.41) is 3.13. The SMILES string of the molecule is CSC(C)(C)CN=C(N)Nc1ccc(C)c(C)c1. The molecule has 0 aliphatic rings. The maximum atomic E-state index is 5.89. The Labute approximate surface area is 114 Å². The Morgan fingerprint density at radius 2 is 2.00 bits per heavy atom. The Balaban J connectivity index is 2.66. The van der Waals surface area contributed by atoms with Crippen LogP contribution in [0.2, 0.25) is 0 Å². The molecule has 0 heterocycles. The molecule has 1 aromatic rings. The normalized spacial score (nSPS) is 12.6. The Kier molecular flexibility index (Phi) is 5.08. The number of anilines is 1. The van der Waals surface area contributed by atoms with Crippen molar-refractivity contribution in [3.8, 4) is 0 Å². The number of aliphatic imine (C=N–C) groups is 1. The van der Waals surface area contributed by atoms with Gasteiger partial charge in [0.1, 0.15) is 0 Å². The first kappa shape index (κ1) is 14.9. The highest BCUT2D eigenvalue weighted by Gasteiger charge is 2.14. The quantitative estimate of drug-likeness (QED) is 0.649. The molecule has 0 radical (unpaired) electrons. The third-order valence-electron chi connectivity index (χ3n) is 2.96. The monoisotopic (exact) mass is 265 g/mol. The average molecular weight is 265 g/mol. The molecule has 100 valence electrons. The van der Waals surface area contributed by atoms with E-state index in [0.29, 0.717) is 12.5 Å². The highest BCUT2D eigenvalue weighted by Crippen LogP contribution is 2.21. The van der Waals surface area contributed by atoms with E-state index in [2.05, 4.69) is 56.4 Å². The number of aryl methyl sites for hydroxylation is 2. The zero-order valence-corrected chi connectivity index (χ0v) is 12.7. The fourth-order valence-corrected chi connectivity index (χ4v) is 1.54. The predicted octanol–water partition coefficient (Wildman–Crippen LogP) is 3.17. The van der Waals surface area contributed by atoms with Crippen molar-refractivity contribution in [2.24, 2.45) is 10.7 Å². The van der Waals surface area contributed by atoms with Crippen molar-refractivity contribution < 1.29 is 0 Å². The van der Waals surface area contributed by atoms with Crippen molar-refractivity contribution in [3.63, 3.8) is 0 Å². The van der Waals surface area contributed by atoms with Gasteiger partial charge in [-0.05, 0) is 57.2 Å². The second kappa shape index (κ2) is 6.14. The molecule has 18 heavy (non-hydrogen) atoms. The van der Waals surface area contributed by atoms with Crippen LogP contribution in [0.15, 0.2) is 23.2 Å². The predicted molar refractivity (Wildman–Crippen MR) is 83.6 cm³/mol. The van der Waals surface area contributed by atoms with E-state index in [4.69, 9.17) is 5.73 Å². The van der Waals surface area contributed by atoms with Crippen LogP contribution < -0.4 is 11.1 Å². The maximum absolute atomic E-state index is 5.89. The van der Waals surface area contributed by atoms with Gasteiger partial charge in [-0.25, -0.2) is 0 Å². The lowest BCUT2D eigenvalue weighted by Gasteiger charge is -2.19. The van der Waals surface area contributed by atoms with E-state index >= 15 is 0 Å². The summed E-state index contributed by atoms with van der Waals surface area (Å²) < 4.78 is 0.121. The van der Waals surface area contributed by atoms with Crippen molar-refractivity contribution in [3.05, 3.63) is 29.3 Å². The molecule has 0 spiro atoms. The van der Waals surface area contributed by atoms with Gasteiger partial charge in [-0.15, -0.1) is 0 Å². The van der Waals surface area contributed by atoms with E-state index in [1.165, 1.54) is 11.1 Å². The Morgan fingerprint density at radius 1 is 1.33 bits per heavy atom. The van der Waals surface area contributed by atoms with Gasteiger partial charge in [-0.3, -0.25) is 4.99 Å². The van der Waals surface area contributed by atoms with Gasteiger partial charge in [0.25, 0.3) is 0 Å². The van der Waals surface area contributed by atoms with Crippen molar-refractivity contribution in [1.82, 2.24) is 0 Å². The summed E-state index contributed by atoms with van der Waals surface area (Å²) >= 11 is 1.79. The van der Waals surface area contributed by atoms with Gasteiger partial charge >= 0.3 is 0 Å². The molecule has 0 unspecified atom stereocenters. The Morgan fingerprint density at radius 3 is 2.56 bits per heavy atom. The Hall–Kier alpha value is -1.16. The molecule has 0 saturated carbocycles. The van der Waals surface area contributed by atoms with Gasteiger partial charge < -0.3 is 11.1 Å². The third kappa shape index (κ3) is 4.61. The topological polar surface area (TPSA) is 50.4 Å². The molecule has 4 heteroatoms. The summed E-state index contributed by atoms with van der Waals surface area (Å²) in [5.41, 5.74) is 9.40. The number of hydrogen-bond donors (Lipinski definition) is 2. The molecule has 1 aromatic carbocycles. The minimum Gasteiger partial charge on any atom is -0.370 e. The summed E-state index contributed by atoms with van der Waals surface area (Å²) in [4.78, 5) is 4.38. The molecule has 0 fully saturated rings. The molecule has 1 rings (SSSR count). The number of benzene rings is 1. The summed E-state index contributed by atoms with van der Waals surface area (Å²) in [6.45, 7) is 9.20. The summed E-state index contributed by atoms with van der Waals surface area (Å²) in [5.74, 6) is 0.473. The molecule has 0 amide bonds. The zero-order chi connectivity index (χ0) is 13.8. The van der Waals surface area contributed by atoms with E-state index in [0.717, 1.165) is 5.69 Å². The molecular formula is C14H23N3S. The van der Waals surface area contributed by atoms with Gasteiger partial charge in [0.05, 0.1) is 6.54 Å². The molecule has 0 aliphatic heterocycles. The number of guanidine groups is 1. The molecule has 0 saturated heterocycles. The van der Waals surface area contributed by atoms with E-state index in [9.17, 15) is 0 Å². The highest BCUT2D eigenvalue weighted by molar-refractivity contribution is 7.99. The number of nitrogens with one attached hydrogen (secondary N) is 1. The Bertz CT molecular complexity index is 439. The number of rotatable bonds is 4. The van der Waals surface area contributed by atoms with E-state index in [1.807, 2.05) is 6.07 Å². The lowest BCUT2D eigenvalue weighted by Crippen LogP contribution is -2.27. The van der Waals surface area contributed by atoms with Crippen LogP contribution in [0.25, 0.3) is 0 Å². The number of nitrogens with zero attached hydrogens (tertiary/aromatic N) is 1. The van der Waals surface area contributed by atoms with Crippen LogP contribution in [0.5, 0.6) is 0 Å². The van der Waals surface area contributed by atoms with Crippen molar-refractivity contribution in [2.45, 2.75) is 32.4 Å². The second-order valence-corrected chi connectivity index (χ2v) is 6.60. The van der Waals surface area contributed by atoms with Crippen LogP contribution in [0.4, 0.5) is 5.69 Å². The summed E-state index contributed by atoms with van der Waals surface area (Å²) in [6, 6.07) is 6.18. The van der Waals surface area contributed by atoms with Gasteiger partial charge in [0.2, 0.25) is 0 Å². The first-order valence-corrected chi connectivity index (χ1v) is 7.26. The lowest BCUT2D eigenvalue weighted by molar-refractivity contribution is 0.726. The third-order valence-corrected chi connectivity index (χ3v) is 4.20. The minimum absolute atomic E-state index is 0.121. The molecular weight excluding hydrogens is 242 g/mol. The highest BCUT2D eigenvalue weighted by atomic mass is 32.2. The van der Waals surface area contributed by atoms with Crippen molar-refractivity contribution >= 4 is 23.4 Å². The fraction of sp³-hybridized carbons (Fsp3) is 0.500. The summed E-state index contributed by atoms with van der Waals surface area (Å²) in [6.07, 6.45) is 2.09. The van der Waals surface area contributed by atoms with Crippen molar-refractivity contribution in [1.29, 1.82) is 0 Å². The van der Waals surface area contributed by atoms with E-state index in [-0.39, 0.29) is 4.75 Å². The van der Waals surface area contributed by atoms with Gasteiger partial charge in [-0.1, -0.05) is 6.07 Å². The van der Waals surface area contributed by atoms with E-state index in [1.54, 1.807) is 11.8 Å². The first-order chi connectivity index (χ1) is 8.34. The van der Waals surface area contributed by atoms with Gasteiger partial charge in [0, 0.05) is 10.4 Å². The first-order valence-electron chi connectivity index (χ1n) is 6.03. The lowest BCUT2D eigenvalue weighted by atomic mass is 10.1. The van der Waals surface area contributed by atoms with Crippen molar-refractivity contribution in [2.75, 3.05) is 18.1 Å². The van der Waals surface area contributed by atoms with Crippen LogP contribution in [-0.4, -0.2) is 23.5 Å². The van der Waals surface area contributed by atoms with Crippen LogP contribution in [0.1, 0.15) is 25.0 Å². The van der Waals surface area contributed by atoms with Gasteiger partial charge in [-0.2, -0.15) is 11.8 Å². The van der Waals surface area contributed by atoms with E-state index < -0.39 is 0 Å². The van der Waals surface area contributed by atoms with Crippen LogP contribution in [0, 0.1) is 13.8 Å². The van der Waals surface area contributed by atoms with Crippen LogP contribution in [-0.2, 0) is 0 Å². The zero-order valence-electron chi connectivity index (χ0n) is 11.9. The fourth-order valence-electron chi connectivity index (χ4n) is 1.35. The van der Waals surface area contributed by atoms with Gasteiger partial charge in [0.15, 0.2) is 5.96 Å². The standard InChI is InChI=1S/C14H23N3S/c1-10-6-7-12(8-11(10)2)17-13(15)16-9-14(3,4)18-5/h6-8H,9H2,1-5H3,(H3,15,16,17). The minimum atomic E-state index is 0.121. The second-order valence-electron chi connectivity index (χ2n) is 5.09. The molecule has 3 nitrogen and oxygen atoms in total. The number of thioether (sulfide) groups is 1. The number of hydrogen-bond acceptors (Lipinski definition) is 2.